The Labute approximate surface area is 145 Å². The lowest BCUT2D eigenvalue weighted by Crippen LogP contribution is -2.40. The Bertz CT molecular complexity index is 831. The number of fused-ring (bicyclic) bond motifs is 1. The lowest BCUT2D eigenvalue weighted by molar-refractivity contribution is -0.126. The number of nitrogens with zero attached hydrogens (tertiary/aromatic N) is 2. The predicted molar refractivity (Wildman–Crippen MR) is 94.3 cm³/mol. The van der Waals surface area contributed by atoms with Crippen molar-refractivity contribution in [3.05, 3.63) is 59.1 Å². The summed E-state index contributed by atoms with van der Waals surface area (Å²) in [5.74, 6) is -0.371. The van der Waals surface area contributed by atoms with Gasteiger partial charge in [0.05, 0.1) is 16.9 Å². The Morgan fingerprint density at radius 2 is 1.67 bits per heavy atom. The van der Waals surface area contributed by atoms with E-state index in [2.05, 4.69) is 0 Å². The summed E-state index contributed by atoms with van der Waals surface area (Å²) in [6.45, 7) is 0. The number of halogens is 1. The van der Waals surface area contributed by atoms with Gasteiger partial charge in [-0.25, -0.2) is 0 Å². The molecule has 0 saturated heterocycles. The average molecular weight is 341 g/mol. The molecule has 0 atom stereocenters. The number of rotatable bonds is 2. The molecule has 4 rings (SSSR count). The normalized spacial score (nSPS) is 19.1. The molecule has 24 heavy (non-hydrogen) atoms. The molecule has 1 fully saturated rings. The molecule has 0 radical (unpaired) electrons. The Hall–Kier alpha value is -2.33. The Kier molecular flexibility index (Phi) is 3.39. The summed E-state index contributed by atoms with van der Waals surface area (Å²) in [6, 6.07) is 15.4. The third-order valence-corrected chi connectivity index (χ3v) is 5.16. The zero-order valence-electron chi connectivity index (χ0n) is 13.3. The molecule has 0 N–H and O–H groups in total. The van der Waals surface area contributed by atoms with Crippen LogP contribution in [0.3, 0.4) is 0 Å². The smallest absolute Gasteiger partial charge is 0.237 e. The van der Waals surface area contributed by atoms with Crippen LogP contribution in [0.5, 0.6) is 0 Å². The van der Waals surface area contributed by atoms with E-state index >= 15 is 0 Å². The van der Waals surface area contributed by atoms with Crippen molar-refractivity contribution in [3.63, 3.8) is 0 Å². The molecule has 0 spiro atoms. The van der Waals surface area contributed by atoms with Crippen molar-refractivity contribution in [1.82, 2.24) is 0 Å². The highest BCUT2D eigenvalue weighted by molar-refractivity contribution is 6.31. The van der Waals surface area contributed by atoms with Crippen LogP contribution >= 0.6 is 11.6 Å². The number of hydrogen-bond donors (Lipinski definition) is 0. The van der Waals surface area contributed by atoms with E-state index < -0.39 is 0 Å². The summed E-state index contributed by atoms with van der Waals surface area (Å²) >= 11 is 6.20. The second kappa shape index (κ2) is 5.35. The molecule has 1 heterocycles. The van der Waals surface area contributed by atoms with Gasteiger partial charge in [0.15, 0.2) is 0 Å². The lowest BCUT2D eigenvalue weighted by Gasteiger charge is -2.33. The van der Waals surface area contributed by atoms with E-state index in [9.17, 15) is 9.59 Å². The van der Waals surface area contributed by atoms with Gasteiger partial charge in [-0.1, -0.05) is 41.9 Å². The van der Waals surface area contributed by atoms with Crippen molar-refractivity contribution < 1.29 is 9.59 Å². The molecule has 2 amide bonds. The van der Waals surface area contributed by atoms with Gasteiger partial charge in [0, 0.05) is 12.1 Å². The van der Waals surface area contributed by atoms with Crippen molar-refractivity contribution in [3.8, 4) is 0 Å². The fourth-order valence-electron chi connectivity index (χ4n) is 3.53. The van der Waals surface area contributed by atoms with Gasteiger partial charge >= 0.3 is 0 Å². The summed E-state index contributed by atoms with van der Waals surface area (Å²) < 4.78 is 0. The number of anilines is 2. The molecule has 1 aliphatic carbocycles. The number of carbonyl (C=O) groups excluding carboxylic acids is 2. The highest BCUT2D eigenvalue weighted by Gasteiger charge is 2.53. The predicted octanol–water partition coefficient (Wildman–Crippen LogP) is 3.73. The van der Waals surface area contributed by atoms with Gasteiger partial charge in [0.1, 0.15) is 6.42 Å². The van der Waals surface area contributed by atoms with Gasteiger partial charge < -0.3 is 4.90 Å². The van der Waals surface area contributed by atoms with Crippen LogP contribution in [0, 0.1) is 0 Å². The molecule has 1 saturated carbocycles. The summed E-state index contributed by atoms with van der Waals surface area (Å²) in [7, 11) is 1.70. The summed E-state index contributed by atoms with van der Waals surface area (Å²) in [5, 5.41) is 0.554. The largest absolute Gasteiger partial charge is 0.313 e. The molecule has 122 valence electrons. The maximum atomic E-state index is 12.9. The monoisotopic (exact) mass is 340 g/mol. The van der Waals surface area contributed by atoms with Crippen LogP contribution in [-0.4, -0.2) is 18.9 Å². The van der Waals surface area contributed by atoms with E-state index in [0.717, 1.165) is 24.1 Å². The summed E-state index contributed by atoms with van der Waals surface area (Å²) in [6.07, 6.45) is 1.64. The van der Waals surface area contributed by atoms with Crippen LogP contribution in [0.1, 0.15) is 24.8 Å². The number of carbonyl (C=O) groups is 2. The van der Waals surface area contributed by atoms with Crippen LogP contribution in [0.2, 0.25) is 5.02 Å². The van der Waals surface area contributed by atoms with Crippen molar-refractivity contribution in [1.29, 1.82) is 0 Å². The van der Waals surface area contributed by atoms with Gasteiger partial charge in [-0.2, -0.15) is 0 Å². The molecular formula is C19H17ClN2O2. The maximum Gasteiger partial charge on any atom is 0.237 e. The van der Waals surface area contributed by atoms with Crippen LogP contribution in [0.4, 0.5) is 11.4 Å². The average Bonchev–Trinajstić information content (AvgIpc) is 3.37. The van der Waals surface area contributed by atoms with Crippen LogP contribution < -0.4 is 9.80 Å². The molecule has 2 aromatic carbocycles. The fraction of sp³-hybridized carbons (Fsp3) is 0.263. The first kappa shape index (κ1) is 15.2. The molecule has 0 bridgehead atoms. The topological polar surface area (TPSA) is 40.6 Å². The zero-order chi connectivity index (χ0) is 16.9. The Balaban J connectivity index is 1.92. The van der Waals surface area contributed by atoms with E-state index in [1.807, 2.05) is 36.4 Å². The van der Waals surface area contributed by atoms with Crippen molar-refractivity contribution >= 4 is 34.8 Å². The van der Waals surface area contributed by atoms with E-state index in [0.29, 0.717) is 10.7 Å². The first-order valence-corrected chi connectivity index (χ1v) is 8.35. The highest BCUT2D eigenvalue weighted by atomic mass is 35.5. The molecule has 4 nitrogen and oxygen atoms in total. The first-order valence-electron chi connectivity index (χ1n) is 7.98. The third kappa shape index (κ3) is 2.21. The number of amides is 2. The van der Waals surface area contributed by atoms with E-state index in [4.69, 9.17) is 11.6 Å². The van der Waals surface area contributed by atoms with E-state index in [-0.39, 0.29) is 23.8 Å². The van der Waals surface area contributed by atoms with Gasteiger partial charge in [0.25, 0.3) is 0 Å². The van der Waals surface area contributed by atoms with Crippen molar-refractivity contribution in [2.24, 2.45) is 0 Å². The van der Waals surface area contributed by atoms with E-state index in [1.165, 1.54) is 0 Å². The maximum absolute atomic E-state index is 12.9. The van der Waals surface area contributed by atoms with Crippen molar-refractivity contribution in [2.45, 2.75) is 24.8 Å². The van der Waals surface area contributed by atoms with Gasteiger partial charge in [-0.15, -0.1) is 0 Å². The van der Waals surface area contributed by atoms with Crippen molar-refractivity contribution in [2.75, 3.05) is 16.8 Å². The summed E-state index contributed by atoms with van der Waals surface area (Å²) in [5.41, 5.74) is 2.16. The van der Waals surface area contributed by atoms with Gasteiger partial charge in [0.2, 0.25) is 11.8 Å². The standard InChI is InChI=1S/C19H17ClN2O2/c1-21-15-8-7-14(20)11-16(15)22(18(24)12-17(21)23)19(9-10-19)13-5-3-2-4-6-13/h2-8,11H,9-10,12H2,1H3. The van der Waals surface area contributed by atoms with Gasteiger partial charge in [-0.05, 0) is 36.6 Å². The minimum Gasteiger partial charge on any atom is -0.313 e. The van der Waals surface area contributed by atoms with Crippen LogP contribution in [-0.2, 0) is 15.1 Å². The Morgan fingerprint density at radius 1 is 0.958 bits per heavy atom. The molecule has 5 heteroatoms. The first-order chi connectivity index (χ1) is 11.5. The zero-order valence-corrected chi connectivity index (χ0v) is 14.1. The highest BCUT2D eigenvalue weighted by Crippen LogP contribution is 2.55. The second-order valence-corrected chi connectivity index (χ2v) is 6.83. The number of benzene rings is 2. The summed E-state index contributed by atoms with van der Waals surface area (Å²) in [4.78, 5) is 28.6. The van der Waals surface area contributed by atoms with Crippen LogP contribution in [0.15, 0.2) is 48.5 Å². The van der Waals surface area contributed by atoms with E-state index in [1.54, 1.807) is 29.0 Å². The molecule has 2 aromatic rings. The Morgan fingerprint density at radius 3 is 2.33 bits per heavy atom. The molecule has 1 aliphatic heterocycles. The second-order valence-electron chi connectivity index (χ2n) is 6.39. The third-order valence-electron chi connectivity index (χ3n) is 4.93. The van der Waals surface area contributed by atoms with Gasteiger partial charge in [-0.3, -0.25) is 14.5 Å². The molecular weight excluding hydrogens is 324 g/mol. The minimum atomic E-state index is -0.372. The fourth-order valence-corrected chi connectivity index (χ4v) is 3.70. The lowest BCUT2D eigenvalue weighted by atomic mass is 10.0. The quantitative estimate of drug-likeness (QED) is 0.782. The molecule has 2 aliphatic rings. The molecule has 0 aromatic heterocycles. The van der Waals surface area contributed by atoms with Crippen LogP contribution in [0.25, 0.3) is 0 Å². The minimum absolute atomic E-state index is 0.128. The molecule has 0 unspecified atom stereocenters. The SMILES string of the molecule is CN1C(=O)CC(=O)N(C2(c3ccccc3)CC2)c2cc(Cl)ccc21. The number of hydrogen-bond acceptors (Lipinski definition) is 2.